The van der Waals surface area contributed by atoms with Crippen LogP contribution in [0.5, 0.6) is 0 Å². The number of fused-ring (bicyclic) bond motifs is 2. The van der Waals surface area contributed by atoms with Gasteiger partial charge in [0.15, 0.2) is 0 Å². The van der Waals surface area contributed by atoms with Crippen molar-refractivity contribution in [1.29, 1.82) is 5.26 Å². The number of rotatable bonds is 5. The summed E-state index contributed by atoms with van der Waals surface area (Å²) in [4.78, 5) is 12.0. The molecule has 1 aliphatic heterocycles. The lowest BCUT2D eigenvalue weighted by Crippen LogP contribution is -2.26. The first-order valence-electron chi connectivity index (χ1n) is 11.3. The van der Waals surface area contributed by atoms with E-state index in [1.807, 2.05) is 33.7 Å². The Hall–Kier alpha value is -3.50. The fourth-order valence-electron chi connectivity index (χ4n) is 4.82. The number of hydrogen-bond acceptors (Lipinski definition) is 5. The van der Waals surface area contributed by atoms with Crippen LogP contribution in [0.15, 0.2) is 49.1 Å². The van der Waals surface area contributed by atoms with Gasteiger partial charge in [-0.2, -0.15) is 10.4 Å². The van der Waals surface area contributed by atoms with Crippen LogP contribution in [0, 0.1) is 17.2 Å². The van der Waals surface area contributed by atoms with Crippen LogP contribution in [0.1, 0.15) is 36.4 Å². The summed E-state index contributed by atoms with van der Waals surface area (Å²) in [5.74, 6) is 1.38. The first kappa shape index (κ1) is 19.2. The third-order valence-electron chi connectivity index (χ3n) is 6.76. The molecule has 0 N–H and O–H groups in total. The number of benzene rings is 1. The minimum atomic E-state index is 0.146. The van der Waals surface area contributed by atoms with E-state index in [1.54, 1.807) is 6.20 Å². The normalized spacial score (nSPS) is 17.2. The van der Waals surface area contributed by atoms with Crippen molar-refractivity contribution in [3.05, 3.63) is 60.2 Å². The Balaban J connectivity index is 1.42. The van der Waals surface area contributed by atoms with Crippen molar-refractivity contribution in [1.82, 2.24) is 29.0 Å². The summed E-state index contributed by atoms with van der Waals surface area (Å²) in [6.07, 6.45) is 11.6. The highest BCUT2D eigenvalue weighted by Crippen LogP contribution is 2.41. The molecular formula is C25H25N7. The summed E-state index contributed by atoms with van der Waals surface area (Å²) in [5, 5.41) is 13.9. The highest BCUT2D eigenvalue weighted by atomic mass is 15.3. The number of nitrogens with zero attached hydrogens (tertiary/aromatic N) is 7. The van der Waals surface area contributed by atoms with Crippen LogP contribution in [-0.4, -0.2) is 42.6 Å². The SMILES string of the molecule is CN1CCc2ccc(-c3cc4nccn4c(-c4cnn(C(CC#N)C5CC5)c4)n3)cc2C1. The molecule has 1 atom stereocenters. The van der Waals surface area contributed by atoms with Crippen LogP contribution in [-0.2, 0) is 13.0 Å². The topological polar surface area (TPSA) is 75.0 Å². The zero-order chi connectivity index (χ0) is 21.7. The van der Waals surface area contributed by atoms with Gasteiger partial charge >= 0.3 is 0 Å². The molecule has 7 heteroatoms. The third-order valence-corrected chi connectivity index (χ3v) is 6.76. The van der Waals surface area contributed by atoms with Crippen molar-refractivity contribution in [3.8, 4) is 28.7 Å². The Labute approximate surface area is 187 Å². The van der Waals surface area contributed by atoms with Gasteiger partial charge in [0.05, 0.1) is 36.0 Å². The van der Waals surface area contributed by atoms with E-state index >= 15 is 0 Å². The summed E-state index contributed by atoms with van der Waals surface area (Å²) < 4.78 is 3.97. The predicted octanol–water partition coefficient (Wildman–Crippen LogP) is 4.11. The average Bonchev–Trinajstić information content (AvgIpc) is 3.32. The number of imidazole rings is 1. The van der Waals surface area contributed by atoms with Crippen LogP contribution in [0.4, 0.5) is 0 Å². The van der Waals surface area contributed by atoms with E-state index in [2.05, 4.69) is 46.3 Å². The van der Waals surface area contributed by atoms with Crippen molar-refractivity contribution in [2.24, 2.45) is 5.92 Å². The van der Waals surface area contributed by atoms with Crippen molar-refractivity contribution in [2.45, 2.75) is 38.3 Å². The number of hydrogen-bond donors (Lipinski definition) is 0. The van der Waals surface area contributed by atoms with E-state index < -0.39 is 0 Å². The molecule has 1 unspecified atom stereocenters. The Morgan fingerprint density at radius 2 is 2.09 bits per heavy atom. The largest absolute Gasteiger partial charge is 0.302 e. The Bertz CT molecular complexity index is 1340. The highest BCUT2D eigenvalue weighted by molar-refractivity contribution is 5.69. The molecule has 3 aromatic heterocycles. The molecule has 1 aromatic carbocycles. The van der Waals surface area contributed by atoms with Crippen LogP contribution in [0.25, 0.3) is 28.3 Å². The molecule has 1 fully saturated rings. The molecule has 0 radical (unpaired) electrons. The van der Waals surface area contributed by atoms with Gasteiger partial charge in [-0.25, -0.2) is 9.97 Å². The van der Waals surface area contributed by atoms with Gasteiger partial charge < -0.3 is 4.90 Å². The Kier molecular flexibility index (Phi) is 4.54. The van der Waals surface area contributed by atoms with Crippen LogP contribution < -0.4 is 0 Å². The van der Waals surface area contributed by atoms with Crippen LogP contribution >= 0.6 is 0 Å². The van der Waals surface area contributed by atoms with E-state index in [4.69, 9.17) is 4.98 Å². The fraction of sp³-hybridized carbons (Fsp3) is 0.360. The minimum Gasteiger partial charge on any atom is -0.302 e. The zero-order valence-corrected chi connectivity index (χ0v) is 18.1. The number of likely N-dealkylation sites (N-methyl/N-ethyl adjacent to an activating group) is 1. The lowest BCUT2D eigenvalue weighted by Gasteiger charge is -2.25. The second-order valence-corrected chi connectivity index (χ2v) is 9.07. The summed E-state index contributed by atoms with van der Waals surface area (Å²) in [7, 11) is 2.17. The molecule has 160 valence electrons. The van der Waals surface area contributed by atoms with Gasteiger partial charge in [0.2, 0.25) is 0 Å². The van der Waals surface area contributed by atoms with E-state index in [1.165, 1.54) is 24.0 Å². The molecule has 0 spiro atoms. The Morgan fingerprint density at radius 1 is 1.19 bits per heavy atom. The maximum absolute atomic E-state index is 9.26. The van der Waals surface area contributed by atoms with Gasteiger partial charge in [-0.15, -0.1) is 0 Å². The molecule has 32 heavy (non-hydrogen) atoms. The van der Waals surface area contributed by atoms with E-state index in [0.717, 1.165) is 47.8 Å². The molecule has 6 rings (SSSR count). The second-order valence-electron chi connectivity index (χ2n) is 9.07. The van der Waals surface area contributed by atoms with Crippen molar-refractivity contribution < 1.29 is 0 Å². The van der Waals surface area contributed by atoms with E-state index in [9.17, 15) is 5.26 Å². The van der Waals surface area contributed by atoms with Crippen LogP contribution in [0.2, 0.25) is 0 Å². The summed E-state index contributed by atoms with van der Waals surface area (Å²) in [6.45, 7) is 2.07. The monoisotopic (exact) mass is 423 g/mol. The molecule has 0 saturated heterocycles. The van der Waals surface area contributed by atoms with Gasteiger partial charge in [0.1, 0.15) is 11.5 Å². The van der Waals surface area contributed by atoms with Gasteiger partial charge in [0.25, 0.3) is 0 Å². The molecule has 7 nitrogen and oxygen atoms in total. The second kappa shape index (κ2) is 7.57. The van der Waals surface area contributed by atoms with Crippen molar-refractivity contribution in [3.63, 3.8) is 0 Å². The van der Waals surface area contributed by atoms with Gasteiger partial charge in [0, 0.05) is 43.3 Å². The number of nitriles is 1. The molecule has 2 aliphatic rings. The minimum absolute atomic E-state index is 0.146. The van der Waals surface area contributed by atoms with Gasteiger partial charge in [-0.05, 0) is 49.4 Å². The molecular weight excluding hydrogens is 398 g/mol. The fourth-order valence-corrected chi connectivity index (χ4v) is 4.82. The van der Waals surface area contributed by atoms with Crippen molar-refractivity contribution in [2.75, 3.05) is 13.6 Å². The van der Waals surface area contributed by atoms with E-state index in [-0.39, 0.29) is 6.04 Å². The quantitative estimate of drug-likeness (QED) is 0.483. The third kappa shape index (κ3) is 3.37. The first-order valence-corrected chi connectivity index (χ1v) is 11.3. The molecule has 1 saturated carbocycles. The summed E-state index contributed by atoms with van der Waals surface area (Å²) in [5.41, 5.74) is 6.63. The lowest BCUT2D eigenvalue weighted by molar-refractivity contribution is 0.313. The lowest BCUT2D eigenvalue weighted by atomic mass is 9.96. The summed E-state index contributed by atoms with van der Waals surface area (Å²) >= 11 is 0. The predicted molar refractivity (Wildman–Crippen MR) is 122 cm³/mol. The Morgan fingerprint density at radius 3 is 2.94 bits per heavy atom. The zero-order valence-electron chi connectivity index (χ0n) is 18.1. The molecule has 0 bridgehead atoms. The molecule has 0 amide bonds. The van der Waals surface area contributed by atoms with E-state index in [0.29, 0.717) is 12.3 Å². The smallest absolute Gasteiger partial charge is 0.149 e. The van der Waals surface area contributed by atoms with Gasteiger partial charge in [-0.1, -0.05) is 12.1 Å². The highest BCUT2D eigenvalue weighted by Gasteiger charge is 2.33. The maximum atomic E-state index is 9.26. The molecule has 4 heterocycles. The molecule has 4 aromatic rings. The van der Waals surface area contributed by atoms with Crippen molar-refractivity contribution >= 4 is 5.65 Å². The van der Waals surface area contributed by atoms with Crippen LogP contribution in [0.3, 0.4) is 0 Å². The first-order chi connectivity index (χ1) is 15.7. The summed E-state index contributed by atoms with van der Waals surface area (Å²) in [6, 6.07) is 11.2. The maximum Gasteiger partial charge on any atom is 0.149 e. The molecule has 1 aliphatic carbocycles. The standard InChI is InChI=1S/C25H25N7/c1-30-10-7-17-2-5-19(12-20(17)15-30)22-13-24-27-9-11-31(24)25(29-22)21-14-28-32(16-21)23(6-8-26)18-3-4-18/h2,5,9,11-14,16,18,23H,3-4,6-7,10,15H2,1H3. The van der Waals surface area contributed by atoms with Gasteiger partial charge in [-0.3, -0.25) is 9.08 Å². The number of aromatic nitrogens is 5. The average molecular weight is 424 g/mol.